The van der Waals surface area contributed by atoms with Gasteiger partial charge in [-0.05, 0) is 58.9 Å². The van der Waals surface area contributed by atoms with Crippen LogP contribution < -0.4 is 5.73 Å². The van der Waals surface area contributed by atoms with Crippen molar-refractivity contribution in [2.24, 2.45) is 5.73 Å². The van der Waals surface area contributed by atoms with E-state index >= 15 is 0 Å². The van der Waals surface area contributed by atoms with Crippen LogP contribution in [0.25, 0.3) is 0 Å². The lowest BCUT2D eigenvalue weighted by Crippen LogP contribution is -1.97. The SMILES string of the molecule is CCCCCCCC/C=C\CCCCCCCC(=O)O.CCCCCCCCCCN.CCO.CCO. The van der Waals surface area contributed by atoms with Gasteiger partial charge in [0.2, 0.25) is 0 Å². The van der Waals surface area contributed by atoms with Crippen LogP contribution in [0.4, 0.5) is 0 Å². The van der Waals surface area contributed by atoms with Gasteiger partial charge in [-0.2, -0.15) is 0 Å². The van der Waals surface area contributed by atoms with Crippen molar-refractivity contribution in [1.29, 1.82) is 0 Å². The summed E-state index contributed by atoms with van der Waals surface area (Å²) < 4.78 is 0. The zero-order chi connectivity index (χ0) is 28.7. The van der Waals surface area contributed by atoms with Crippen molar-refractivity contribution in [3.63, 3.8) is 0 Å². The van der Waals surface area contributed by atoms with Crippen molar-refractivity contribution in [2.75, 3.05) is 19.8 Å². The van der Waals surface area contributed by atoms with Crippen molar-refractivity contribution in [1.82, 2.24) is 0 Å². The number of aliphatic hydroxyl groups excluding tert-OH is 2. The van der Waals surface area contributed by atoms with Gasteiger partial charge in [-0.15, -0.1) is 0 Å². The number of carboxylic acids is 1. The first kappa shape index (κ1) is 43.2. The second-order valence-electron chi connectivity index (χ2n) is 9.62. The molecule has 0 unspecified atom stereocenters. The van der Waals surface area contributed by atoms with Gasteiger partial charge in [-0.1, -0.05) is 122 Å². The van der Waals surface area contributed by atoms with E-state index in [-0.39, 0.29) is 13.2 Å². The van der Waals surface area contributed by atoms with E-state index < -0.39 is 5.97 Å². The van der Waals surface area contributed by atoms with Crippen LogP contribution in [0.2, 0.25) is 0 Å². The Balaban J connectivity index is -0.000000267. The molecule has 0 heterocycles. The molecule has 0 aliphatic heterocycles. The van der Waals surface area contributed by atoms with Crippen LogP contribution in [-0.2, 0) is 4.79 Å². The molecule has 0 radical (unpaired) electrons. The molecule has 0 aromatic carbocycles. The second kappa shape index (κ2) is 48.2. The summed E-state index contributed by atoms with van der Waals surface area (Å²) in [6.45, 7) is 9.25. The third-order valence-electron chi connectivity index (χ3n) is 5.71. The largest absolute Gasteiger partial charge is 0.481 e. The highest BCUT2D eigenvalue weighted by atomic mass is 16.4. The normalized spacial score (nSPS) is 10.1. The van der Waals surface area contributed by atoms with E-state index in [0.29, 0.717) is 6.42 Å². The summed E-state index contributed by atoms with van der Waals surface area (Å²) >= 11 is 0. The van der Waals surface area contributed by atoms with Crippen molar-refractivity contribution in [3.8, 4) is 0 Å². The van der Waals surface area contributed by atoms with Gasteiger partial charge >= 0.3 is 5.97 Å². The number of unbranched alkanes of at least 4 members (excludes halogenated alkanes) is 18. The second-order valence-corrected chi connectivity index (χ2v) is 9.62. The number of hydrogen-bond donors (Lipinski definition) is 4. The lowest BCUT2D eigenvalue weighted by atomic mass is 10.1. The van der Waals surface area contributed by atoms with E-state index in [9.17, 15) is 4.79 Å². The number of carboxylic acid groups (broad SMARTS) is 1. The molecule has 0 saturated heterocycles. The fourth-order valence-corrected chi connectivity index (χ4v) is 3.63. The van der Waals surface area contributed by atoms with Crippen LogP contribution in [0, 0.1) is 0 Å². The summed E-state index contributed by atoms with van der Waals surface area (Å²) in [6, 6.07) is 0. The molecule has 0 aromatic rings. The zero-order valence-corrected chi connectivity index (χ0v) is 25.7. The quantitative estimate of drug-likeness (QED) is 0.0777. The van der Waals surface area contributed by atoms with Gasteiger partial charge < -0.3 is 21.1 Å². The molecule has 5 N–H and O–H groups in total. The molecule has 0 aromatic heterocycles. The van der Waals surface area contributed by atoms with Gasteiger partial charge in [-0.25, -0.2) is 0 Å². The monoisotopic (exact) mass is 532 g/mol. The summed E-state index contributed by atoms with van der Waals surface area (Å²) in [5, 5.41) is 23.6. The standard InChI is InChI=1S/C18H34O2.C10H23N.2C2H6O/c1-2-3-4-5-6-7-8-9-10-11-12-13-14-15-16-17-18(19)20;1-2-3-4-5-6-7-8-9-10-11;2*1-2-3/h9-10H,2-8,11-17H2,1H3,(H,19,20);2-11H2,1H3;2*3H,2H2,1H3/b10-9-;;;. The minimum Gasteiger partial charge on any atom is -0.481 e. The summed E-state index contributed by atoms with van der Waals surface area (Å²) in [7, 11) is 0. The lowest BCUT2D eigenvalue weighted by molar-refractivity contribution is -0.137. The molecule has 0 amide bonds. The number of aliphatic carboxylic acids is 1. The average Bonchev–Trinajstić information content (AvgIpc) is 2.87. The lowest BCUT2D eigenvalue weighted by Gasteiger charge is -1.99. The van der Waals surface area contributed by atoms with Crippen LogP contribution >= 0.6 is 0 Å². The van der Waals surface area contributed by atoms with Gasteiger partial charge in [0.1, 0.15) is 0 Å². The molecule has 0 spiro atoms. The maximum absolute atomic E-state index is 10.3. The molecule has 0 bridgehead atoms. The highest BCUT2D eigenvalue weighted by Gasteiger charge is 1.96. The summed E-state index contributed by atoms with van der Waals surface area (Å²) in [6.07, 6.45) is 32.2. The molecule has 0 aliphatic rings. The van der Waals surface area contributed by atoms with Gasteiger partial charge in [0.05, 0.1) is 0 Å². The van der Waals surface area contributed by atoms with Gasteiger partial charge in [-0.3, -0.25) is 4.79 Å². The van der Waals surface area contributed by atoms with Gasteiger partial charge in [0, 0.05) is 19.6 Å². The van der Waals surface area contributed by atoms with Crippen molar-refractivity contribution in [3.05, 3.63) is 12.2 Å². The highest BCUT2D eigenvalue weighted by molar-refractivity contribution is 5.66. The molecule has 0 fully saturated rings. The third-order valence-corrected chi connectivity index (χ3v) is 5.71. The molecule has 226 valence electrons. The highest BCUT2D eigenvalue weighted by Crippen LogP contribution is 2.10. The van der Waals surface area contributed by atoms with E-state index in [2.05, 4.69) is 26.0 Å². The Kier molecular flexibility index (Phi) is 56.2. The fraction of sp³-hybridized carbons (Fsp3) is 0.906. The number of rotatable bonds is 23. The van der Waals surface area contributed by atoms with Crippen LogP contribution in [-0.4, -0.2) is 41.0 Å². The Hall–Kier alpha value is -0.910. The summed E-state index contributed by atoms with van der Waals surface area (Å²) in [5.41, 5.74) is 5.39. The van der Waals surface area contributed by atoms with E-state index in [4.69, 9.17) is 21.1 Å². The van der Waals surface area contributed by atoms with Crippen LogP contribution in [0.3, 0.4) is 0 Å². The van der Waals surface area contributed by atoms with Crippen LogP contribution in [0.1, 0.15) is 169 Å². The first-order valence-corrected chi connectivity index (χ1v) is 15.8. The fourth-order valence-electron chi connectivity index (χ4n) is 3.63. The van der Waals surface area contributed by atoms with E-state index in [1.54, 1.807) is 13.8 Å². The Labute approximate surface area is 232 Å². The Morgan fingerprint density at radius 3 is 1.16 bits per heavy atom. The molecule has 0 saturated carbocycles. The van der Waals surface area contributed by atoms with Crippen molar-refractivity contribution in [2.45, 2.75) is 169 Å². The Morgan fingerprint density at radius 1 is 0.541 bits per heavy atom. The molecule has 5 nitrogen and oxygen atoms in total. The Bertz CT molecular complexity index is 379. The van der Waals surface area contributed by atoms with Crippen LogP contribution in [0.15, 0.2) is 12.2 Å². The molecular formula is C32H69NO4. The molecule has 0 atom stereocenters. The van der Waals surface area contributed by atoms with E-state index in [1.807, 2.05) is 0 Å². The predicted octanol–water partition coefficient (Wildman–Crippen LogP) is 9.19. The van der Waals surface area contributed by atoms with E-state index in [1.165, 1.54) is 122 Å². The van der Waals surface area contributed by atoms with Gasteiger partial charge in [0.25, 0.3) is 0 Å². The van der Waals surface area contributed by atoms with Gasteiger partial charge in [0.15, 0.2) is 0 Å². The maximum atomic E-state index is 10.3. The minimum atomic E-state index is -0.664. The topological polar surface area (TPSA) is 104 Å². The van der Waals surface area contributed by atoms with E-state index in [0.717, 1.165) is 19.4 Å². The summed E-state index contributed by atoms with van der Waals surface area (Å²) in [5.74, 6) is -0.664. The first-order chi connectivity index (χ1) is 18.0. The Morgan fingerprint density at radius 2 is 0.838 bits per heavy atom. The number of nitrogens with two attached hydrogens (primary N) is 1. The molecule has 0 aliphatic carbocycles. The average molecular weight is 532 g/mol. The van der Waals surface area contributed by atoms with Crippen molar-refractivity contribution >= 4 is 5.97 Å². The van der Waals surface area contributed by atoms with Crippen LogP contribution in [0.5, 0.6) is 0 Å². The summed E-state index contributed by atoms with van der Waals surface area (Å²) in [4.78, 5) is 10.3. The van der Waals surface area contributed by atoms with Crippen molar-refractivity contribution < 1.29 is 20.1 Å². The number of allylic oxidation sites excluding steroid dienone is 2. The number of carbonyl (C=O) groups is 1. The molecular weight excluding hydrogens is 462 g/mol. The maximum Gasteiger partial charge on any atom is 0.303 e. The third kappa shape index (κ3) is 66.2. The number of aliphatic hydroxyl groups is 2. The number of hydrogen-bond acceptors (Lipinski definition) is 4. The molecule has 37 heavy (non-hydrogen) atoms. The molecule has 0 rings (SSSR count). The zero-order valence-electron chi connectivity index (χ0n) is 25.7. The smallest absolute Gasteiger partial charge is 0.303 e. The minimum absolute atomic E-state index is 0.250. The first-order valence-electron chi connectivity index (χ1n) is 15.8. The predicted molar refractivity (Wildman–Crippen MR) is 164 cm³/mol. The molecule has 5 heteroatoms.